The van der Waals surface area contributed by atoms with Crippen molar-refractivity contribution in [3.63, 3.8) is 0 Å². The van der Waals surface area contributed by atoms with Crippen LogP contribution in [0.2, 0.25) is 0 Å². The highest BCUT2D eigenvalue weighted by Gasteiger charge is 2.49. The highest BCUT2D eigenvalue weighted by atomic mass is 32.2. The fourth-order valence-corrected chi connectivity index (χ4v) is 5.20. The molecule has 2 rings (SSSR count). The summed E-state index contributed by atoms with van der Waals surface area (Å²) in [4.78, 5) is 11.4. The van der Waals surface area contributed by atoms with E-state index in [9.17, 15) is 18.3 Å². The maximum absolute atomic E-state index is 12.8. The van der Waals surface area contributed by atoms with Crippen molar-refractivity contribution in [3.8, 4) is 0 Å². The Morgan fingerprint density at radius 1 is 1.35 bits per heavy atom. The lowest BCUT2D eigenvalue weighted by atomic mass is 10.0. The average Bonchev–Trinajstić information content (AvgIpc) is 2.68. The Morgan fingerprint density at radius 3 is 2.50 bits per heavy atom. The van der Waals surface area contributed by atoms with Crippen LogP contribution in [0.1, 0.15) is 33.6 Å². The number of carbonyl (C=O) groups is 1. The smallest absolute Gasteiger partial charge is 0.324 e. The van der Waals surface area contributed by atoms with Crippen LogP contribution in [-0.2, 0) is 19.7 Å². The van der Waals surface area contributed by atoms with Crippen LogP contribution < -0.4 is 0 Å². The van der Waals surface area contributed by atoms with Crippen molar-refractivity contribution in [3.05, 3.63) is 0 Å². The second kappa shape index (κ2) is 5.25. The van der Waals surface area contributed by atoms with E-state index in [-0.39, 0.29) is 13.2 Å². The number of ether oxygens (including phenoxy) is 1. The molecule has 1 N–H and O–H groups in total. The molecule has 0 unspecified atom stereocenters. The van der Waals surface area contributed by atoms with Crippen molar-refractivity contribution in [1.82, 2.24) is 8.61 Å². The summed E-state index contributed by atoms with van der Waals surface area (Å²) in [5, 5.41) is 9.31. The van der Waals surface area contributed by atoms with Crippen LogP contribution in [0.15, 0.2) is 0 Å². The lowest BCUT2D eigenvalue weighted by Gasteiger charge is -2.41. The summed E-state index contributed by atoms with van der Waals surface area (Å²) in [6.07, 6.45) is 0.926. The molecule has 0 radical (unpaired) electrons. The predicted octanol–water partition coefficient (Wildman–Crippen LogP) is 0.280. The van der Waals surface area contributed by atoms with E-state index >= 15 is 0 Å². The molecular formula is C12H22N2O5S. The standard InChI is InChI=1S/C12H22N2O5S/c1-9-10(11(15)16)13(7-8-19-9)20(17,18)14-6-4-5-12(14,2)3/h9-10H,4-8H2,1-3H3,(H,15,16)/t9-,10+/m0/s1. The Morgan fingerprint density at radius 2 is 2.00 bits per heavy atom. The first-order chi connectivity index (χ1) is 9.18. The normalized spacial score (nSPS) is 32.4. The van der Waals surface area contributed by atoms with Crippen LogP contribution in [0, 0.1) is 0 Å². The predicted molar refractivity (Wildman–Crippen MR) is 72.5 cm³/mol. The molecule has 0 spiro atoms. The Bertz CT molecular complexity index is 490. The van der Waals surface area contributed by atoms with E-state index in [1.807, 2.05) is 13.8 Å². The SMILES string of the molecule is C[C@@H]1OCCN(S(=O)(=O)N2CCCC2(C)C)[C@H]1C(=O)O. The van der Waals surface area contributed by atoms with E-state index in [2.05, 4.69) is 0 Å². The number of morpholine rings is 1. The zero-order chi connectivity index (χ0) is 15.1. The van der Waals surface area contributed by atoms with Gasteiger partial charge in [-0.25, -0.2) is 0 Å². The molecule has 116 valence electrons. The molecule has 2 heterocycles. The third kappa shape index (κ3) is 2.57. The van der Waals surface area contributed by atoms with Gasteiger partial charge in [-0.05, 0) is 33.6 Å². The van der Waals surface area contributed by atoms with Gasteiger partial charge in [-0.1, -0.05) is 0 Å². The number of hydrogen-bond donors (Lipinski definition) is 1. The largest absolute Gasteiger partial charge is 0.480 e. The van der Waals surface area contributed by atoms with Gasteiger partial charge in [0.05, 0.1) is 12.7 Å². The van der Waals surface area contributed by atoms with Crippen molar-refractivity contribution < 1.29 is 23.1 Å². The third-order valence-corrected chi connectivity index (χ3v) is 6.34. The van der Waals surface area contributed by atoms with E-state index < -0.39 is 33.9 Å². The molecule has 0 saturated carbocycles. The topological polar surface area (TPSA) is 87.2 Å². The Labute approximate surface area is 119 Å². The summed E-state index contributed by atoms with van der Waals surface area (Å²) < 4.78 is 33.4. The molecule has 8 heteroatoms. The third-order valence-electron chi connectivity index (χ3n) is 4.10. The minimum Gasteiger partial charge on any atom is -0.480 e. The lowest BCUT2D eigenvalue weighted by Crippen LogP contribution is -2.61. The fraction of sp³-hybridized carbons (Fsp3) is 0.917. The highest BCUT2D eigenvalue weighted by molar-refractivity contribution is 7.86. The lowest BCUT2D eigenvalue weighted by molar-refractivity contribution is -0.150. The first-order valence-corrected chi connectivity index (χ1v) is 8.21. The van der Waals surface area contributed by atoms with E-state index in [0.717, 1.165) is 17.1 Å². The molecule has 7 nitrogen and oxygen atoms in total. The molecule has 2 aliphatic heterocycles. The van der Waals surface area contributed by atoms with Crippen molar-refractivity contribution in [2.45, 2.75) is 51.3 Å². The van der Waals surface area contributed by atoms with Crippen molar-refractivity contribution in [2.75, 3.05) is 19.7 Å². The van der Waals surface area contributed by atoms with Gasteiger partial charge in [0.1, 0.15) is 6.04 Å². The molecule has 0 aliphatic carbocycles. The zero-order valence-corrected chi connectivity index (χ0v) is 12.9. The van der Waals surface area contributed by atoms with Gasteiger partial charge in [0, 0.05) is 18.6 Å². The molecule has 0 aromatic carbocycles. The zero-order valence-electron chi connectivity index (χ0n) is 12.1. The highest BCUT2D eigenvalue weighted by Crippen LogP contribution is 2.34. The molecular weight excluding hydrogens is 284 g/mol. The summed E-state index contributed by atoms with van der Waals surface area (Å²) >= 11 is 0. The second-order valence-electron chi connectivity index (χ2n) is 5.97. The van der Waals surface area contributed by atoms with Gasteiger partial charge in [0.25, 0.3) is 10.2 Å². The second-order valence-corrected chi connectivity index (χ2v) is 7.77. The quantitative estimate of drug-likeness (QED) is 0.809. The number of hydrogen-bond acceptors (Lipinski definition) is 4. The van der Waals surface area contributed by atoms with Crippen molar-refractivity contribution in [2.24, 2.45) is 0 Å². The molecule has 2 fully saturated rings. The number of nitrogens with zero attached hydrogens (tertiary/aromatic N) is 2. The minimum atomic E-state index is -3.79. The Kier molecular flexibility index (Phi) is 4.12. The van der Waals surface area contributed by atoms with E-state index in [0.29, 0.717) is 6.54 Å². The molecule has 2 aliphatic rings. The van der Waals surface area contributed by atoms with Gasteiger partial charge in [-0.3, -0.25) is 4.79 Å². The van der Waals surface area contributed by atoms with Crippen LogP contribution >= 0.6 is 0 Å². The fourth-order valence-electron chi connectivity index (χ4n) is 3.01. The maximum Gasteiger partial charge on any atom is 0.324 e. The number of aliphatic carboxylic acids is 1. The maximum atomic E-state index is 12.8. The summed E-state index contributed by atoms with van der Waals surface area (Å²) in [7, 11) is -3.79. The van der Waals surface area contributed by atoms with Crippen LogP contribution in [0.25, 0.3) is 0 Å². The van der Waals surface area contributed by atoms with Crippen LogP contribution in [0.4, 0.5) is 0 Å². The van der Waals surface area contributed by atoms with E-state index in [1.165, 1.54) is 4.31 Å². The Balaban J connectivity index is 2.34. The number of carboxylic acid groups (broad SMARTS) is 1. The van der Waals surface area contributed by atoms with Crippen LogP contribution in [0.3, 0.4) is 0 Å². The molecule has 2 atom stereocenters. The summed E-state index contributed by atoms with van der Waals surface area (Å²) in [6.45, 7) is 6.08. The van der Waals surface area contributed by atoms with Crippen LogP contribution in [0.5, 0.6) is 0 Å². The molecule has 0 bridgehead atoms. The van der Waals surface area contributed by atoms with Gasteiger partial charge < -0.3 is 9.84 Å². The van der Waals surface area contributed by atoms with E-state index in [1.54, 1.807) is 6.92 Å². The van der Waals surface area contributed by atoms with Gasteiger partial charge in [-0.15, -0.1) is 0 Å². The minimum absolute atomic E-state index is 0.0796. The average molecular weight is 306 g/mol. The first-order valence-electron chi connectivity index (χ1n) is 6.82. The van der Waals surface area contributed by atoms with Crippen LogP contribution in [-0.4, -0.2) is 65.5 Å². The first kappa shape index (κ1) is 15.7. The molecule has 0 amide bonds. The molecule has 2 saturated heterocycles. The monoisotopic (exact) mass is 306 g/mol. The van der Waals surface area contributed by atoms with Crippen molar-refractivity contribution >= 4 is 16.2 Å². The summed E-state index contributed by atoms with van der Waals surface area (Å²) in [5.74, 6) is -1.17. The van der Waals surface area contributed by atoms with Gasteiger partial charge in [0.2, 0.25) is 0 Å². The summed E-state index contributed by atoms with van der Waals surface area (Å²) in [6, 6.07) is -1.16. The molecule has 0 aromatic rings. The van der Waals surface area contributed by atoms with Gasteiger partial charge in [-0.2, -0.15) is 17.0 Å². The van der Waals surface area contributed by atoms with Gasteiger partial charge in [0.15, 0.2) is 0 Å². The molecule has 0 aromatic heterocycles. The number of carboxylic acids is 1. The van der Waals surface area contributed by atoms with Crippen molar-refractivity contribution in [1.29, 1.82) is 0 Å². The molecule has 20 heavy (non-hydrogen) atoms. The van der Waals surface area contributed by atoms with Gasteiger partial charge >= 0.3 is 5.97 Å². The van der Waals surface area contributed by atoms with E-state index in [4.69, 9.17) is 4.74 Å². The number of rotatable bonds is 3. The Hall–Kier alpha value is -0.700. The summed E-state index contributed by atoms with van der Waals surface area (Å²) in [5.41, 5.74) is -0.469.